The normalized spacial score (nSPS) is 13.3. The van der Waals surface area contributed by atoms with Gasteiger partial charge in [-0.1, -0.05) is 29.8 Å². The van der Waals surface area contributed by atoms with E-state index in [0.29, 0.717) is 19.0 Å². The molecule has 0 heterocycles. The summed E-state index contributed by atoms with van der Waals surface area (Å²) in [7, 11) is 0. The first kappa shape index (κ1) is 15.2. The van der Waals surface area contributed by atoms with Gasteiger partial charge in [0.15, 0.2) is 0 Å². The van der Waals surface area contributed by atoms with Crippen molar-refractivity contribution in [1.82, 2.24) is 4.90 Å². The number of aryl methyl sites for hydroxylation is 1. The van der Waals surface area contributed by atoms with E-state index in [0.717, 1.165) is 12.1 Å². The van der Waals surface area contributed by atoms with E-state index < -0.39 is 6.10 Å². The van der Waals surface area contributed by atoms with Crippen molar-refractivity contribution in [3.8, 4) is 0 Å². The molecule has 0 aliphatic rings. The molecule has 1 rings (SSSR count). The molecule has 3 heteroatoms. The van der Waals surface area contributed by atoms with Gasteiger partial charge in [0.25, 0.3) is 0 Å². The minimum Gasteiger partial charge on any atom is -0.395 e. The average Bonchev–Trinajstić information content (AvgIpc) is 2.34. The van der Waals surface area contributed by atoms with Gasteiger partial charge in [-0.15, -0.1) is 0 Å². The standard InChI is InChI=1S/C15H25NO2/c1-12(2)16(10-11-17)9-8-15(18)14-6-4-13(3)5-7-14/h4-7,12,15,17-18H,8-11H2,1-3H3. The van der Waals surface area contributed by atoms with E-state index in [1.807, 2.05) is 31.2 Å². The molecule has 3 nitrogen and oxygen atoms in total. The third-order valence-corrected chi connectivity index (χ3v) is 3.27. The van der Waals surface area contributed by atoms with Gasteiger partial charge in [-0.05, 0) is 32.8 Å². The quantitative estimate of drug-likeness (QED) is 0.780. The Kier molecular flexibility index (Phi) is 6.33. The third-order valence-electron chi connectivity index (χ3n) is 3.27. The van der Waals surface area contributed by atoms with E-state index >= 15 is 0 Å². The van der Waals surface area contributed by atoms with Gasteiger partial charge < -0.3 is 10.2 Å². The van der Waals surface area contributed by atoms with Gasteiger partial charge in [0.1, 0.15) is 0 Å². The maximum Gasteiger partial charge on any atom is 0.0802 e. The van der Waals surface area contributed by atoms with Crippen LogP contribution in [0.4, 0.5) is 0 Å². The second-order valence-corrected chi connectivity index (χ2v) is 5.07. The van der Waals surface area contributed by atoms with Crippen LogP contribution in [0.1, 0.15) is 37.5 Å². The van der Waals surface area contributed by atoms with Gasteiger partial charge in [-0.2, -0.15) is 0 Å². The number of rotatable bonds is 7. The van der Waals surface area contributed by atoms with E-state index in [1.165, 1.54) is 5.56 Å². The van der Waals surface area contributed by atoms with Crippen molar-refractivity contribution >= 4 is 0 Å². The fraction of sp³-hybridized carbons (Fsp3) is 0.600. The molecule has 0 aromatic heterocycles. The van der Waals surface area contributed by atoms with Crippen LogP contribution < -0.4 is 0 Å². The Morgan fingerprint density at radius 2 is 1.72 bits per heavy atom. The molecular weight excluding hydrogens is 226 g/mol. The van der Waals surface area contributed by atoms with E-state index in [9.17, 15) is 5.11 Å². The summed E-state index contributed by atoms with van der Waals surface area (Å²) in [5.74, 6) is 0. The molecule has 0 radical (unpaired) electrons. The minimum absolute atomic E-state index is 0.165. The number of nitrogens with zero attached hydrogens (tertiary/aromatic N) is 1. The molecule has 1 atom stereocenters. The van der Waals surface area contributed by atoms with Crippen LogP contribution in [-0.2, 0) is 0 Å². The summed E-state index contributed by atoms with van der Waals surface area (Å²) in [5, 5.41) is 19.1. The zero-order valence-corrected chi connectivity index (χ0v) is 11.6. The van der Waals surface area contributed by atoms with Gasteiger partial charge in [0, 0.05) is 19.1 Å². The Bertz CT molecular complexity index is 335. The highest BCUT2D eigenvalue weighted by molar-refractivity contribution is 5.22. The van der Waals surface area contributed by atoms with Crippen LogP contribution in [0, 0.1) is 6.92 Å². The Morgan fingerprint density at radius 3 is 2.22 bits per heavy atom. The lowest BCUT2D eigenvalue weighted by Gasteiger charge is -2.26. The van der Waals surface area contributed by atoms with Crippen LogP contribution in [0.15, 0.2) is 24.3 Å². The zero-order valence-electron chi connectivity index (χ0n) is 11.6. The predicted octanol–water partition coefficient (Wildman–Crippen LogP) is 2.12. The van der Waals surface area contributed by atoms with E-state index in [2.05, 4.69) is 18.7 Å². The van der Waals surface area contributed by atoms with Crippen LogP contribution in [0.25, 0.3) is 0 Å². The van der Waals surface area contributed by atoms with Crippen LogP contribution in [0.2, 0.25) is 0 Å². The molecule has 18 heavy (non-hydrogen) atoms. The molecule has 0 aliphatic heterocycles. The molecule has 1 aromatic carbocycles. The molecule has 0 saturated heterocycles. The van der Waals surface area contributed by atoms with Crippen LogP contribution in [0.3, 0.4) is 0 Å². The molecule has 2 N–H and O–H groups in total. The van der Waals surface area contributed by atoms with Crippen molar-refractivity contribution in [2.24, 2.45) is 0 Å². The van der Waals surface area contributed by atoms with Gasteiger partial charge in [-0.3, -0.25) is 4.90 Å². The second kappa shape index (κ2) is 7.52. The number of benzene rings is 1. The van der Waals surface area contributed by atoms with Gasteiger partial charge in [0.05, 0.1) is 12.7 Å². The predicted molar refractivity (Wildman–Crippen MR) is 74.6 cm³/mol. The van der Waals surface area contributed by atoms with E-state index in [-0.39, 0.29) is 6.61 Å². The van der Waals surface area contributed by atoms with Gasteiger partial charge >= 0.3 is 0 Å². The topological polar surface area (TPSA) is 43.7 Å². The Balaban J connectivity index is 2.48. The average molecular weight is 251 g/mol. The molecule has 102 valence electrons. The number of aliphatic hydroxyl groups excluding tert-OH is 2. The summed E-state index contributed by atoms with van der Waals surface area (Å²) in [6.45, 7) is 7.88. The summed E-state index contributed by atoms with van der Waals surface area (Å²) in [6, 6.07) is 8.39. The van der Waals surface area contributed by atoms with Crippen molar-refractivity contribution in [2.75, 3.05) is 19.7 Å². The maximum atomic E-state index is 10.1. The van der Waals surface area contributed by atoms with Crippen molar-refractivity contribution < 1.29 is 10.2 Å². The lowest BCUT2D eigenvalue weighted by molar-refractivity contribution is 0.116. The Hall–Kier alpha value is -0.900. The summed E-state index contributed by atoms with van der Waals surface area (Å²) >= 11 is 0. The highest BCUT2D eigenvalue weighted by Gasteiger charge is 2.12. The Labute approximate surface area is 110 Å². The molecule has 0 aliphatic carbocycles. The molecule has 0 spiro atoms. The second-order valence-electron chi connectivity index (χ2n) is 5.07. The zero-order chi connectivity index (χ0) is 13.5. The fourth-order valence-electron chi connectivity index (χ4n) is 2.00. The molecule has 0 bridgehead atoms. The smallest absolute Gasteiger partial charge is 0.0802 e. The van der Waals surface area contributed by atoms with E-state index in [4.69, 9.17) is 5.11 Å². The maximum absolute atomic E-state index is 10.1. The van der Waals surface area contributed by atoms with Crippen LogP contribution in [-0.4, -0.2) is 40.9 Å². The summed E-state index contributed by atoms with van der Waals surface area (Å²) in [4.78, 5) is 2.18. The molecular formula is C15H25NO2. The summed E-state index contributed by atoms with van der Waals surface area (Å²) < 4.78 is 0. The van der Waals surface area contributed by atoms with Gasteiger partial charge in [-0.25, -0.2) is 0 Å². The van der Waals surface area contributed by atoms with Crippen molar-refractivity contribution in [2.45, 2.75) is 39.3 Å². The first-order valence-corrected chi connectivity index (χ1v) is 6.64. The lowest BCUT2D eigenvalue weighted by atomic mass is 10.0. The lowest BCUT2D eigenvalue weighted by Crippen LogP contribution is -2.35. The molecule has 0 saturated carbocycles. The van der Waals surface area contributed by atoms with Crippen LogP contribution >= 0.6 is 0 Å². The summed E-state index contributed by atoms with van der Waals surface area (Å²) in [6.07, 6.45) is 0.270. The highest BCUT2D eigenvalue weighted by atomic mass is 16.3. The minimum atomic E-state index is -0.425. The van der Waals surface area contributed by atoms with Gasteiger partial charge in [0.2, 0.25) is 0 Å². The largest absolute Gasteiger partial charge is 0.395 e. The third kappa shape index (κ3) is 4.77. The summed E-state index contributed by atoms with van der Waals surface area (Å²) in [5.41, 5.74) is 2.17. The van der Waals surface area contributed by atoms with Crippen LogP contribution in [0.5, 0.6) is 0 Å². The molecule has 1 aromatic rings. The number of aliphatic hydroxyl groups is 2. The monoisotopic (exact) mass is 251 g/mol. The SMILES string of the molecule is Cc1ccc(C(O)CCN(CCO)C(C)C)cc1. The fourth-order valence-corrected chi connectivity index (χ4v) is 2.00. The van der Waals surface area contributed by atoms with Crippen molar-refractivity contribution in [3.05, 3.63) is 35.4 Å². The number of hydrogen-bond donors (Lipinski definition) is 2. The van der Waals surface area contributed by atoms with Crippen molar-refractivity contribution in [1.29, 1.82) is 0 Å². The van der Waals surface area contributed by atoms with E-state index in [1.54, 1.807) is 0 Å². The molecule has 1 unspecified atom stereocenters. The molecule has 0 fully saturated rings. The molecule has 0 amide bonds. The Morgan fingerprint density at radius 1 is 1.11 bits per heavy atom. The highest BCUT2D eigenvalue weighted by Crippen LogP contribution is 2.18. The number of hydrogen-bond acceptors (Lipinski definition) is 3. The first-order valence-electron chi connectivity index (χ1n) is 6.64. The van der Waals surface area contributed by atoms with Crippen molar-refractivity contribution in [3.63, 3.8) is 0 Å². The first-order chi connectivity index (χ1) is 8.54.